The second-order valence-corrected chi connectivity index (χ2v) is 6.61. The van der Waals surface area contributed by atoms with Gasteiger partial charge in [0.25, 0.3) is 0 Å². The Morgan fingerprint density at radius 2 is 1.90 bits per heavy atom. The molecule has 21 heavy (non-hydrogen) atoms. The topological polar surface area (TPSA) is 42.1 Å². The van der Waals surface area contributed by atoms with E-state index in [1.54, 1.807) is 0 Å². The molecule has 1 aromatic carbocycles. The normalized spacial score (nSPS) is 16.9. The molecule has 0 atom stereocenters. The molecular formula is C18H25N3. The number of hydrogen-bond acceptors (Lipinski definition) is 3. The summed E-state index contributed by atoms with van der Waals surface area (Å²) in [5, 5.41) is 2.31. The summed E-state index contributed by atoms with van der Waals surface area (Å²) in [6.07, 6.45) is 4.48. The average Bonchev–Trinajstić information content (AvgIpc) is 2.47. The molecule has 1 aliphatic heterocycles. The lowest BCUT2D eigenvalue weighted by atomic mass is 9.86. The zero-order valence-corrected chi connectivity index (χ0v) is 13.3. The molecule has 0 spiro atoms. The molecule has 1 aliphatic rings. The molecule has 0 bridgehead atoms. The lowest BCUT2D eigenvalue weighted by molar-refractivity contribution is 0.311. The number of nitrogens with zero attached hydrogens (tertiary/aromatic N) is 2. The lowest BCUT2D eigenvalue weighted by Crippen LogP contribution is -2.35. The van der Waals surface area contributed by atoms with Crippen LogP contribution in [0.3, 0.4) is 0 Å². The summed E-state index contributed by atoms with van der Waals surface area (Å²) in [4.78, 5) is 6.91. The number of benzene rings is 1. The Bertz CT molecular complexity index is 640. The average molecular weight is 283 g/mol. The van der Waals surface area contributed by atoms with Crippen molar-refractivity contribution in [3.8, 4) is 0 Å². The second-order valence-electron chi connectivity index (χ2n) is 6.61. The monoisotopic (exact) mass is 283 g/mol. The molecule has 3 heteroatoms. The Morgan fingerprint density at radius 1 is 1.19 bits per heavy atom. The first-order valence-corrected chi connectivity index (χ1v) is 7.96. The van der Waals surface area contributed by atoms with E-state index in [-0.39, 0.29) is 0 Å². The molecule has 2 N–H and O–H groups in total. The van der Waals surface area contributed by atoms with Gasteiger partial charge in [-0.15, -0.1) is 0 Å². The third-order valence-electron chi connectivity index (χ3n) is 4.87. The van der Waals surface area contributed by atoms with Gasteiger partial charge in [0.1, 0.15) is 0 Å². The van der Waals surface area contributed by atoms with Crippen LogP contribution in [0, 0.1) is 18.8 Å². The van der Waals surface area contributed by atoms with Crippen LogP contribution in [0.4, 0.5) is 11.4 Å². The standard InChI is InChI=1S/C18H25N3/c1-12(2)14-6-8-21(9-7-14)18-5-4-17(19)16-11-20-13(3)10-15(16)18/h4-5,10-12,14H,6-9,19H2,1-3H3. The molecule has 0 aliphatic carbocycles. The number of aromatic nitrogens is 1. The number of hydrogen-bond donors (Lipinski definition) is 1. The van der Waals surface area contributed by atoms with Crippen molar-refractivity contribution in [3.63, 3.8) is 0 Å². The van der Waals surface area contributed by atoms with Gasteiger partial charge < -0.3 is 10.6 Å². The van der Waals surface area contributed by atoms with Crippen LogP contribution in [-0.4, -0.2) is 18.1 Å². The summed E-state index contributed by atoms with van der Waals surface area (Å²) in [5.41, 5.74) is 9.29. The minimum absolute atomic E-state index is 0.793. The first kappa shape index (κ1) is 14.2. The molecule has 3 nitrogen and oxygen atoms in total. The fraction of sp³-hybridized carbons (Fsp3) is 0.500. The van der Waals surface area contributed by atoms with Gasteiger partial charge in [0.15, 0.2) is 0 Å². The summed E-state index contributed by atoms with van der Waals surface area (Å²) >= 11 is 0. The minimum atomic E-state index is 0.793. The predicted octanol–water partition coefficient (Wildman–Crippen LogP) is 4.00. The predicted molar refractivity (Wildman–Crippen MR) is 90.7 cm³/mol. The number of aryl methyl sites for hydroxylation is 1. The Balaban J connectivity index is 1.94. The van der Waals surface area contributed by atoms with Crippen molar-refractivity contribution in [1.82, 2.24) is 4.98 Å². The van der Waals surface area contributed by atoms with Crippen LogP contribution in [-0.2, 0) is 0 Å². The van der Waals surface area contributed by atoms with Gasteiger partial charge >= 0.3 is 0 Å². The Hall–Kier alpha value is -1.77. The first-order valence-electron chi connectivity index (χ1n) is 7.96. The summed E-state index contributed by atoms with van der Waals surface area (Å²) in [6.45, 7) is 9.01. The SMILES string of the molecule is Cc1cc2c(N3CCC(C(C)C)CC3)ccc(N)c2cn1. The third kappa shape index (κ3) is 2.69. The maximum Gasteiger partial charge on any atom is 0.0448 e. The molecule has 0 amide bonds. The molecule has 2 aromatic rings. The van der Waals surface area contributed by atoms with E-state index >= 15 is 0 Å². The number of anilines is 2. The fourth-order valence-electron chi connectivity index (χ4n) is 3.43. The first-order chi connectivity index (χ1) is 10.1. The molecule has 1 saturated heterocycles. The van der Waals surface area contributed by atoms with Crippen LogP contribution < -0.4 is 10.6 Å². The maximum absolute atomic E-state index is 6.11. The van der Waals surface area contributed by atoms with Crippen molar-refractivity contribution in [2.75, 3.05) is 23.7 Å². The lowest BCUT2D eigenvalue weighted by Gasteiger charge is -2.36. The highest BCUT2D eigenvalue weighted by Crippen LogP contribution is 2.34. The summed E-state index contributed by atoms with van der Waals surface area (Å²) in [5.74, 6) is 1.66. The molecule has 0 radical (unpaired) electrons. The molecule has 3 rings (SSSR count). The van der Waals surface area contributed by atoms with E-state index in [0.717, 1.165) is 41.7 Å². The van der Waals surface area contributed by atoms with Gasteiger partial charge in [0, 0.05) is 47.1 Å². The largest absolute Gasteiger partial charge is 0.398 e. The number of nitrogen functional groups attached to an aromatic ring is 1. The van der Waals surface area contributed by atoms with Crippen molar-refractivity contribution in [2.24, 2.45) is 11.8 Å². The molecule has 0 saturated carbocycles. The third-order valence-corrected chi connectivity index (χ3v) is 4.87. The Labute approximate surface area is 127 Å². The van der Waals surface area contributed by atoms with Crippen LogP contribution in [0.1, 0.15) is 32.4 Å². The van der Waals surface area contributed by atoms with E-state index in [4.69, 9.17) is 5.73 Å². The van der Waals surface area contributed by atoms with E-state index < -0.39 is 0 Å². The van der Waals surface area contributed by atoms with Gasteiger partial charge in [-0.2, -0.15) is 0 Å². The summed E-state index contributed by atoms with van der Waals surface area (Å²) in [6, 6.07) is 6.35. The zero-order valence-electron chi connectivity index (χ0n) is 13.3. The molecule has 0 unspecified atom stereocenters. The summed E-state index contributed by atoms with van der Waals surface area (Å²) in [7, 11) is 0. The van der Waals surface area contributed by atoms with Gasteiger partial charge in [-0.1, -0.05) is 13.8 Å². The second kappa shape index (κ2) is 5.55. The van der Waals surface area contributed by atoms with E-state index in [1.165, 1.54) is 23.9 Å². The Morgan fingerprint density at radius 3 is 2.57 bits per heavy atom. The quantitative estimate of drug-likeness (QED) is 0.847. The van der Waals surface area contributed by atoms with E-state index in [9.17, 15) is 0 Å². The van der Waals surface area contributed by atoms with Crippen LogP contribution in [0.5, 0.6) is 0 Å². The van der Waals surface area contributed by atoms with E-state index in [1.807, 2.05) is 19.2 Å². The van der Waals surface area contributed by atoms with Gasteiger partial charge in [0.05, 0.1) is 0 Å². The molecule has 1 fully saturated rings. The van der Waals surface area contributed by atoms with Crippen LogP contribution in [0.2, 0.25) is 0 Å². The van der Waals surface area contributed by atoms with E-state index in [2.05, 4.69) is 35.9 Å². The number of rotatable bonds is 2. The Kier molecular flexibility index (Phi) is 3.75. The van der Waals surface area contributed by atoms with Gasteiger partial charge in [-0.3, -0.25) is 4.98 Å². The highest BCUT2D eigenvalue weighted by Gasteiger charge is 2.22. The van der Waals surface area contributed by atoms with Crippen molar-refractivity contribution >= 4 is 22.1 Å². The maximum atomic E-state index is 6.11. The highest BCUT2D eigenvalue weighted by molar-refractivity contribution is 6.01. The van der Waals surface area contributed by atoms with Crippen LogP contribution in [0.25, 0.3) is 10.8 Å². The van der Waals surface area contributed by atoms with Crippen molar-refractivity contribution in [1.29, 1.82) is 0 Å². The highest BCUT2D eigenvalue weighted by atomic mass is 15.1. The number of piperidine rings is 1. The van der Waals surface area contributed by atoms with Crippen molar-refractivity contribution in [2.45, 2.75) is 33.6 Å². The smallest absolute Gasteiger partial charge is 0.0448 e. The number of fused-ring (bicyclic) bond motifs is 1. The summed E-state index contributed by atoms with van der Waals surface area (Å²) < 4.78 is 0. The molecule has 2 heterocycles. The van der Waals surface area contributed by atoms with Crippen LogP contribution in [0.15, 0.2) is 24.4 Å². The van der Waals surface area contributed by atoms with Crippen molar-refractivity contribution < 1.29 is 0 Å². The zero-order chi connectivity index (χ0) is 15.0. The van der Waals surface area contributed by atoms with Gasteiger partial charge in [-0.05, 0) is 49.8 Å². The van der Waals surface area contributed by atoms with Crippen LogP contribution >= 0.6 is 0 Å². The van der Waals surface area contributed by atoms with Crippen molar-refractivity contribution in [3.05, 3.63) is 30.1 Å². The molecule has 1 aromatic heterocycles. The van der Waals surface area contributed by atoms with E-state index in [0.29, 0.717) is 0 Å². The fourth-order valence-corrected chi connectivity index (χ4v) is 3.43. The molecular weight excluding hydrogens is 258 g/mol. The van der Waals surface area contributed by atoms with Gasteiger partial charge in [0.2, 0.25) is 0 Å². The van der Waals surface area contributed by atoms with Gasteiger partial charge in [-0.25, -0.2) is 0 Å². The molecule has 112 valence electrons. The number of nitrogens with two attached hydrogens (primary N) is 1. The minimum Gasteiger partial charge on any atom is -0.398 e. The number of pyridine rings is 1.